The van der Waals surface area contributed by atoms with Crippen LogP contribution < -0.4 is 0 Å². The highest BCUT2D eigenvalue weighted by atomic mass is 16.3. The van der Waals surface area contributed by atoms with Crippen LogP contribution in [-0.4, -0.2) is 22.4 Å². The van der Waals surface area contributed by atoms with Crippen molar-refractivity contribution in [1.29, 1.82) is 0 Å². The molecule has 0 aliphatic rings. The monoisotopic (exact) mass is 286 g/mol. The zero-order chi connectivity index (χ0) is 16.0. The van der Waals surface area contributed by atoms with Gasteiger partial charge < -0.3 is 10.2 Å². The minimum absolute atomic E-state index is 0.237. The van der Waals surface area contributed by atoms with Crippen molar-refractivity contribution >= 4 is 0 Å². The first kappa shape index (κ1) is 19.9. The molecule has 2 N–H and O–H groups in total. The highest BCUT2D eigenvalue weighted by molar-refractivity contribution is 4.80. The van der Waals surface area contributed by atoms with Gasteiger partial charge in [-0.2, -0.15) is 0 Å². The van der Waals surface area contributed by atoms with E-state index >= 15 is 0 Å². The van der Waals surface area contributed by atoms with E-state index in [1.54, 1.807) is 0 Å². The lowest BCUT2D eigenvalue weighted by atomic mass is 9.76. The number of hydrogen-bond acceptors (Lipinski definition) is 2. The van der Waals surface area contributed by atoms with Crippen molar-refractivity contribution in [2.45, 2.75) is 80.4 Å². The fourth-order valence-electron chi connectivity index (χ4n) is 3.17. The maximum Gasteiger partial charge on any atom is 0.0593 e. The maximum absolute atomic E-state index is 10.4. The molecule has 0 rings (SSSR count). The molecule has 0 aromatic heterocycles. The van der Waals surface area contributed by atoms with E-state index in [0.29, 0.717) is 35.5 Å². The molecule has 0 aromatic carbocycles. The molecule has 4 atom stereocenters. The Morgan fingerprint density at radius 1 is 0.500 bits per heavy atom. The van der Waals surface area contributed by atoms with Crippen molar-refractivity contribution in [3.8, 4) is 0 Å². The molecule has 0 saturated carbocycles. The summed E-state index contributed by atoms with van der Waals surface area (Å²) in [5.74, 6) is 2.23. The van der Waals surface area contributed by atoms with Crippen LogP contribution in [0.15, 0.2) is 0 Å². The van der Waals surface area contributed by atoms with Crippen LogP contribution in [0.2, 0.25) is 0 Å². The second-order valence-corrected chi connectivity index (χ2v) is 7.86. The second kappa shape index (κ2) is 9.04. The standard InChI is InChI=1S/C18H38O2/c1-11(2)15(17(19)13(5)6)9-10-16(12(3)4)18(20)14(7)8/h11-20H,9-10H2,1-8H3. The fourth-order valence-corrected chi connectivity index (χ4v) is 3.17. The third-order valence-electron chi connectivity index (χ3n) is 4.79. The van der Waals surface area contributed by atoms with Crippen LogP contribution in [-0.2, 0) is 0 Å². The number of rotatable bonds is 9. The van der Waals surface area contributed by atoms with Crippen molar-refractivity contribution in [1.82, 2.24) is 0 Å². The third-order valence-corrected chi connectivity index (χ3v) is 4.79. The van der Waals surface area contributed by atoms with E-state index in [1.807, 2.05) is 0 Å². The topological polar surface area (TPSA) is 40.5 Å². The van der Waals surface area contributed by atoms with Crippen molar-refractivity contribution in [2.24, 2.45) is 35.5 Å². The van der Waals surface area contributed by atoms with Gasteiger partial charge in [-0.1, -0.05) is 55.4 Å². The van der Waals surface area contributed by atoms with E-state index in [4.69, 9.17) is 0 Å². The average molecular weight is 287 g/mol. The lowest BCUT2D eigenvalue weighted by Crippen LogP contribution is -2.34. The molecule has 0 spiro atoms. The molecule has 20 heavy (non-hydrogen) atoms. The minimum atomic E-state index is -0.237. The molecule has 0 radical (unpaired) electrons. The summed E-state index contributed by atoms with van der Waals surface area (Å²) in [6, 6.07) is 0. The molecule has 0 heterocycles. The van der Waals surface area contributed by atoms with Gasteiger partial charge in [-0.25, -0.2) is 0 Å². The second-order valence-electron chi connectivity index (χ2n) is 7.86. The van der Waals surface area contributed by atoms with Gasteiger partial charge in [0.2, 0.25) is 0 Å². The Labute approximate surface area is 127 Å². The van der Waals surface area contributed by atoms with Gasteiger partial charge in [0.15, 0.2) is 0 Å². The summed E-state index contributed by atoms with van der Waals surface area (Å²) < 4.78 is 0. The Kier molecular flexibility index (Phi) is 9.01. The molecule has 4 unspecified atom stereocenters. The van der Waals surface area contributed by atoms with Crippen molar-refractivity contribution in [3.63, 3.8) is 0 Å². The first-order valence-corrected chi connectivity index (χ1v) is 8.45. The normalized spacial score (nSPS) is 18.9. The molecule has 2 heteroatoms. The van der Waals surface area contributed by atoms with Gasteiger partial charge in [0.05, 0.1) is 12.2 Å². The molecule has 0 bridgehead atoms. The van der Waals surface area contributed by atoms with E-state index in [2.05, 4.69) is 55.4 Å². The Bertz CT molecular complexity index is 220. The molecule has 0 aliphatic carbocycles. The summed E-state index contributed by atoms with van der Waals surface area (Å²) >= 11 is 0. The molecule has 2 nitrogen and oxygen atoms in total. The zero-order valence-corrected chi connectivity index (χ0v) is 14.9. The molecular formula is C18H38O2. The zero-order valence-electron chi connectivity index (χ0n) is 14.9. The Morgan fingerprint density at radius 2 is 0.750 bits per heavy atom. The van der Waals surface area contributed by atoms with E-state index < -0.39 is 0 Å². The first-order valence-electron chi connectivity index (χ1n) is 8.45. The number of aliphatic hydroxyl groups is 2. The average Bonchev–Trinajstić information content (AvgIpc) is 2.31. The largest absolute Gasteiger partial charge is 0.393 e. The van der Waals surface area contributed by atoms with Crippen molar-refractivity contribution in [3.05, 3.63) is 0 Å². The number of hydrogen-bond donors (Lipinski definition) is 2. The van der Waals surface area contributed by atoms with E-state index in [1.165, 1.54) is 0 Å². The van der Waals surface area contributed by atoms with Gasteiger partial charge in [-0.3, -0.25) is 0 Å². The SMILES string of the molecule is CC(C)C(O)C(CCC(C(C)C)C(O)C(C)C)C(C)C. The highest BCUT2D eigenvalue weighted by Crippen LogP contribution is 2.32. The summed E-state index contributed by atoms with van der Waals surface area (Å²) in [7, 11) is 0. The number of aliphatic hydroxyl groups excluding tert-OH is 2. The predicted octanol–water partition coefficient (Wildman–Crippen LogP) is 4.34. The van der Waals surface area contributed by atoms with E-state index in [0.717, 1.165) is 12.8 Å². The summed E-state index contributed by atoms with van der Waals surface area (Å²) in [5.41, 5.74) is 0. The van der Waals surface area contributed by atoms with Gasteiger partial charge in [-0.05, 0) is 48.3 Å². The van der Waals surface area contributed by atoms with E-state index in [-0.39, 0.29) is 12.2 Å². The summed E-state index contributed by atoms with van der Waals surface area (Å²) in [5, 5.41) is 20.8. The van der Waals surface area contributed by atoms with Crippen molar-refractivity contribution in [2.75, 3.05) is 0 Å². The van der Waals surface area contributed by atoms with Crippen LogP contribution in [0.1, 0.15) is 68.2 Å². The Hall–Kier alpha value is -0.0800. The molecular weight excluding hydrogens is 248 g/mol. The van der Waals surface area contributed by atoms with Gasteiger partial charge in [-0.15, -0.1) is 0 Å². The lowest BCUT2D eigenvalue weighted by molar-refractivity contribution is 0.00987. The molecule has 0 amide bonds. The third kappa shape index (κ3) is 6.13. The van der Waals surface area contributed by atoms with Crippen LogP contribution >= 0.6 is 0 Å². The van der Waals surface area contributed by atoms with Crippen molar-refractivity contribution < 1.29 is 10.2 Å². The van der Waals surface area contributed by atoms with Gasteiger partial charge in [0.1, 0.15) is 0 Å². The summed E-state index contributed by atoms with van der Waals surface area (Å²) in [4.78, 5) is 0. The molecule has 0 aliphatic heterocycles. The molecule has 122 valence electrons. The van der Waals surface area contributed by atoms with Gasteiger partial charge >= 0.3 is 0 Å². The Morgan fingerprint density at radius 3 is 0.900 bits per heavy atom. The van der Waals surface area contributed by atoms with Crippen LogP contribution in [0, 0.1) is 35.5 Å². The molecule has 0 aromatic rings. The van der Waals surface area contributed by atoms with Crippen LogP contribution in [0.3, 0.4) is 0 Å². The van der Waals surface area contributed by atoms with Gasteiger partial charge in [0, 0.05) is 0 Å². The fraction of sp³-hybridized carbons (Fsp3) is 1.00. The smallest absolute Gasteiger partial charge is 0.0593 e. The van der Waals surface area contributed by atoms with Crippen LogP contribution in [0.25, 0.3) is 0 Å². The Balaban J connectivity index is 4.72. The quantitative estimate of drug-likeness (QED) is 0.662. The maximum atomic E-state index is 10.4. The minimum Gasteiger partial charge on any atom is -0.393 e. The molecule has 0 saturated heterocycles. The van der Waals surface area contributed by atoms with Crippen LogP contribution in [0.4, 0.5) is 0 Å². The predicted molar refractivity (Wildman–Crippen MR) is 87.6 cm³/mol. The summed E-state index contributed by atoms with van der Waals surface area (Å²) in [6.45, 7) is 17.1. The lowest BCUT2D eigenvalue weighted by Gasteiger charge is -2.34. The van der Waals surface area contributed by atoms with E-state index in [9.17, 15) is 10.2 Å². The van der Waals surface area contributed by atoms with Gasteiger partial charge in [0.25, 0.3) is 0 Å². The highest BCUT2D eigenvalue weighted by Gasteiger charge is 2.29. The molecule has 0 fully saturated rings. The first-order chi connectivity index (χ1) is 9.09. The van der Waals surface area contributed by atoms with Crippen LogP contribution in [0.5, 0.6) is 0 Å². The summed E-state index contributed by atoms with van der Waals surface area (Å²) in [6.07, 6.45) is 1.53.